The van der Waals surface area contributed by atoms with Crippen molar-refractivity contribution in [2.24, 2.45) is 0 Å². The number of nitrogens with zero attached hydrogens (tertiary/aromatic N) is 3. The Hall–Kier alpha value is -1.76. The highest BCUT2D eigenvalue weighted by molar-refractivity contribution is 9.10. The van der Waals surface area contributed by atoms with Crippen LogP contribution in [0.4, 0.5) is 11.6 Å². The van der Waals surface area contributed by atoms with E-state index in [0.717, 1.165) is 21.2 Å². The molecule has 0 fully saturated rings. The number of aromatic nitrogens is 4. The molecule has 0 radical (unpaired) electrons. The summed E-state index contributed by atoms with van der Waals surface area (Å²) in [5.41, 5.74) is 2.61. The van der Waals surface area contributed by atoms with Gasteiger partial charge in [0, 0.05) is 10.2 Å². The molecule has 4 rings (SSSR count). The Kier molecular flexibility index (Phi) is 3.25. The minimum atomic E-state index is 0.485. The van der Waals surface area contributed by atoms with Crippen molar-refractivity contribution in [2.75, 3.05) is 5.32 Å². The van der Waals surface area contributed by atoms with E-state index in [1.165, 1.54) is 0 Å². The molecule has 110 valence electrons. The second kappa shape index (κ2) is 5.15. The Morgan fingerprint density at radius 1 is 1.05 bits per heavy atom. The van der Waals surface area contributed by atoms with Gasteiger partial charge in [0.05, 0.1) is 21.1 Å². The molecule has 2 aromatic heterocycles. The fourth-order valence-corrected chi connectivity index (χ4v) is 2.87. The molecule has 2 heterocycles. The van der Waals surface area contributed by atoms with Crippen LogP contribution in [0, 0.1) is 0 Å². The third kappa shape index (κ3) is 2.33. The zero-order valence-electron chi connectivity index (χ0n) is 10.9. The molecular weight excluding hydrogens is 389 g/mol. The SMILES string of the molecule is Clc1ccc(Nc2nc3nc4cc(Br)ccc4n3[nH]2)cc1Cl. The molecular formula is C14H8BrCl2N5. The van der Waals surface area contributed by atoms with Gasteiger partial charge in [-0.2, -0.15) is 4.98 Å². The van der Waals surface area contributed by atoms with Gasteiger partial charge in [-0.25, -0.2) is 9.50 Å². The Balaban J connectivity index is 1.74. The van der Waals surface area contributed by atoms with Crippen LogP contribution < -0.4 is 5.32 Å². The number of imidazole rings is 1. The lowest BCUT2D eigenvalue weighted by atomic mass is 10.3. The lowest BCUT2D eigenvalue weighted by Crippen LogP contribution is -1.93. The first-order chi connectivity index (χ1) is 10.6. The molecule has 0 bridgehead atoms. The fourth-order valence-electron chi connectivity index (χ4n) is 2.22. The Labute approximate surface area is 143 Å². The van der Waals surface area contributed by atoms with Crippen LogP contribution in [-0.4, -0.2) is 19.6 Å². The summed E-state index contributed by atoms with van der Waals surface area (Å²) in [7, 11) is 0. The molecule has 0 spiro atoms. The van der Waals surface area contributed by atoms with E-state index in [-0.39, 0.29) is 0 Å². The summed E-state index contributed by atoms with van der Waals surface area (Å²) < 4.78 is 2.80. The van der Waals surface area contributed by atoms with E-state index < -0.39 is 0 Å². The van der Waals surface area contributed by atoms with Crippen LogP contribution in [-0.2, 0) is 0 Å². The maximum atomic E-state index is 6.01. The Bertz CT molecular complexity index is 1010. The first kappa shape index (κ1) is 13.9. The summed E-state index contributed by atoms with van der Waals surface area (Å²) >= 11 is 15.3. The van der Waals surface area contributed by atoms with E-state index in [0.29, 0.717) is 21.8 Å². The van der Waals surface area contributed by atoms with Crippen LogP contribution in [0.2, 0.25) is 10.0 Å². The first-order valence-electron chi connectivity index (χ1n) is 6.36. The number of fused-ring (bicyclic) bond motifs is 3. The predicted molar refractivity (Wildman–Crippen MR) is 92.3 cm³/mol. The fraction of sp³-hybridized carbons (Fsp3) is 0. The average molecular weight is 397 g/mol. The van der Waals surface area contributed by atoms with E-state index in [1.807, 2.05) is 28.8 Å². The molecule has 0 aliphatic carbocycles. The molecule has 0 saturated heterocycles. The minimum Gasteiger partial charge on any atom is -0.324 e. The maximum absolute atomic E-state index is 6.01. The van der Waals surface area contributed by atoms with Gasteiger partial charge in [0.15, 0.2) is 0 Å². The van der Waals surface area contributed by atoms with Gasteiger partial charge in [-0.1, -0.05) is 39.1 Å². The van der Waals surface area contributed by atoms with Crippen molar-refractivity contribution in [3.8, 4) is 0 Å². The number of aromatic amines is 1. The molecule has 0 aliphatic heterocycles. The number of hydrogen-bond acceptors (Lipinski definition) is 3. The standard InChI is InChI=1S/C14H8BrCl2N5/c15-7-1-4-12-11(5-7)19-14-20-13(21-22(12)14)18-8-2-3-9(16)10(17)6-8/h1-6H,(H2,18,19,20,21). The van der Waals surface area contributed by atoms with Gasteiger partial charge < -0.3 is 5.32 Å². The molecule has 2 aromatic carbocycles. The van der Waals surface area contributed by atoms with Crippen molar-refractivity contribution in [3.63, 3.8) is 0 Å². The molecule has 4 aromatic rings. The lowest BCUT2D eigenvalue weighted by Gasteiger charge is -2.03. The van der Waals surface area contributed by atoms with Crippen LogP contribution in [0.5, 0.6) is 0 Å². The number of benzene rings is 2. The van der Waals surface area contributed by atoms with Crippen LogP contribution in [0.15, 0.2) is 40.9 Å². The minimum absolute atomic E-state index is 0.485. The number of anilines is 2. The van der Waals surface area contributed by atoms with Crippen molar-refractivity contribution >= 4 is 67.6 Å². The number of H-pyrrole nitrogens is 1. The summed E-state index contributed by atoms with van der Waals surface area (Å²) in [5, 5.41) is 7.30. The van der Waals surface area contributed by atoms with E-state index >= 15 is 0 Å². The predicted octanol–water partition coefficient (Wildman–Crippen LogP) is 5.02. The third-order valence-corrected chi connectivity index (χ3v) is 4.44. The first-order valence-corrected chi connectivity index (χ1v) is 7.91. The van der Waals surface area contributed by atoms with E-state index in [2.05, 4.69) is 36.3 Å². The number of halogens is 3. The van der Waals surface area contributed by atoms with Gasteiger partial charge in [-0.05, 0) is 36.4 Å². The maximum Gasteiger partial charge on any atom is 0.253 e. The van der Waals surface area contributed by atoms with E-state index in [9.17, 15) is 0 Å². The zero-order valence-corrected chi connectivity index (χ0v) is 14.0. The number of hydrogen-bond donors (Lipinski definition) is 2. The second-order valence-electron chi connectivity index (χ2n) is 4.71. The molecule has 22 heavy (non-hydrogen) atoms. The van der Waals surface area contributed by atoms with E-state index in [4.69, 9.17) is 23.2 Å². The van der Waals surface area contributed by atoms with Gasteiger partial charge in [-0.3, -0.25) is 5.10 Å². The molecule has 2 N–H and O–H groups in total. The molecule has 0 atom stereocenters. The van der Waals surface area contributed by atoms with Gasteiger partial charge in [-0.15, -0.1) is 0 Å². The largest absolute Gasteiger partial charge is 0.324 e. The van der Waals surface area contributed by atoms with Crippen molar-refractivity contribution in [1.82, 2.24) is 19.6 Å². The molecule has 5 nitrogen and oxygen atoms in total. The number of nitrogens with one attached hydrogen (secondary N) is 2. The summed E-state index contributed by atoms with van der Waals surface area (Å²) in [6.07, 6.45) is 0. The summed E-state index contributed by atoms with van der Waals surface area (Å²) in [6, 6.07) is 11.2. The van der Waals surface area contributed by atoms with Crippen molar-refractivity contribution in [2.45, 2.75) is 0 Å². The lowest BCUT2D eigenvalue weighted by molar-refractivity contribution is 1.01. The summed E-state index contributed by atoms with van der Waals surface area (Å²) in [6.45, 7) is 0. The summed E-state index contributed by atoms with van der Waals surface area (Å²) in [4.78, 5) is 8.89. The molecule has 0 saturated carbocycles. The zero-order chi connectivity index (χ0) is 15.3. The van der Waals surface area contributed by atoms with E-state index in [1.54, 1.807) is 12.1 Å². The van der Waals surface area contributed by atoms with Crippen LogP contribution in [0.25, 0.3) is 16.8 Å². The average Bonchev–Trinajstić information content (AvgIpc) is 2.99. The van der Waals surface area contributed by atoms with Crippen LogP contribution in [0.1, 0.15) is 0 Å². The van der Waals surface area contributed by atoms with Gasteiger partial charge >= 0.3 is 0 Å². The molecule has 0 amide bonds. The Morgan fingerprint density at radius 2 is 1.91 bits per heavy atom. The van der Waals surface area contributed by atoms with Crippen LogP contribution >= 0.6 is 39.1 Å². The highest BCUT2D eigenvalue weighted by Gasteiger charge is 2.10. The van der Waals surface area contributed by atoms with Crippen molar-refractivity contribution < 1.29 is 0 Å². The molecule has 8 heteroatoms. The quantitative estimate of drug-likeness (QED) is 0.499. The second-order valence-corrected chi connectivity index (χ2v) is 6.44. The number of rotatable bonds is 2. The third-order valence-electron chi connectivity index (χ3n) is 3.21. The summed E-state index contributed by atoms with van der Waals surface area (Å²) in [5.74, 6) is 1.17. The molecule has 0 unspecified atom stereocenters. The van der Waals surface area contributed by atoms with Crippen molar-refractivity contribution in [3.05, 3.63) is 50.9 Å². The smallest absolute Gasteiger partial charge is 0.253 e. The molecule has 0 aliphatic rings. The van der Waals surface area contributed by atoms with Gasteiger partial charge in [0.1, 0.15) is 0 Å². The van der Waals surface area contributed by atoms with Gasteiger partial charge in [0.25, 0.3) is 5.78 Å². The highest BCUT2D eigenvalue weighted by atomic mass is 79.9. The van der Waals surface area contributed by atoms with Gasteiger partial charge in [0.2, 0.25) is 5.95 Å². The van der Waals surface area contributed by atoms with Crippen LogP contribution in [0.3, 0.4) is 0 Å². The monoisotopic (exact) mass is 395 g/mol. The van der Waals surface area contributed by atoms with Crippen molar-refractivity contribution in [1.29, 1.82) is 0 Å². The highest BCUT2D eigenvalue weighted by Crippen LogP contribution is 2.27. The normalized spacial score (nSPS) is 11.4. The Morgan fingerprint density at radius 3 is 2.73 bits per heavy atom. The topological polar surface area (TPSA) is 58.0 Å².